The summed E-state index contributed by atoms with van der Waals surface area (Å²) >= 11 is 0. The molecule has 0 heterocycles. The molecule has 28 heavy (non-hydrogen) atoms. The maximum absolute atomic E-state index is 12.8. The Labute approximate surface area is 163 Å². The highest BCUT2D eigenvalue weighted by atomic mass is 16.7. The van der Waals surface area contributed by atoms with E-state index >= 15 is 0 Å². The zero-order valence-corrected chi connectivity index (χ0v) is 15.5. The molecule has 3 N–H and O–H groups in total. The average molecular weight is 385 g/mol. The smallest absolute Gasteiger partial charge is 0.373 e. The molecule has 0 aromatic heterocycles. The molecular weight excluding hydrogens is 362 g/mol. The summed E-state index contributed by atoms with van der Waals surface area (Å²) in [6, 6.07) is 14.2. The molecule has 2 aromatic carbocycles. The molecule has 0 aliphatic heterocycles. The van der Waals surface area contributed by atoms with Crippen LogP contribution in [0.3, 0.4) is 0 Å². The van der Waals surface area contributed by atoms with Gasteiger partial charge in [0.1, 0.15) is 18.1 Å². The summed E-state index contributed by atoms with van der Waals surface area (Å²) in [7, 11) is 1.27. The highest BCUT2D eigenvalue weighted by Gasteiger charge is 2.44. The lowest BCUT2D eigenvalue weighted by Gasteiger charge is -2.13. The summed E-state index contributed by atoms with van der Waals surface area (Å²) < 4.78 is 15.5. The van der Waals surface area contributed by atoms with Gasteiger partial charge in [-0.1, -0.05) is 24.3 Å². The number of ketones is 1. The zero-order valence-electron chi connectivity index (χ0n) is 15.5. The van der Waals surface area contributed by atoms with E-state index in [4.69, 9.17) is 25.1 Å². The van der Waals surface area contributed by atoms with Crippen LogP contribution in [0.4, 0.5) is 0 Å². The van der Waals surface area contributed by atoms with Gasteiger partial charge in [-0.15, -0.1) is 0 Å². The second kappa shape index (κ2) is 8.86. The number of rotatable bonds is 10. The van der Waals surface area contributed by atoms with E-state index < -0.39 is 12.3 Å². The van der Waals surface area contributed by atoms with Crippen LogP contribution in [0.1, 0.15) is 28.3 Å². The maximum Gasteiger partial charge on any atom is 0.373 e. The van der Waals surface area contributed by atoms with E-state index in [0.717, 1.165) is 12.0 Å². The molecule has 1 fully saturated rings. The molecule has 0 bridgehead atoms. The van der Waals surface area contributed by atoms with Crippen LogP contribution in [0.2, 0.25) is 0 Å². The number of hydrogen-bond donors (Lipinski definition) is 2. The number of carbonyl (C=O) groups is 2. The lowest BCUT2D eigenvalue weighted by atomic mass is 10.0. The van der Waals surface area contributed by atoms with Gasteiger partial charge in [0.2, 0.25) is 0 Å². The van der Waals surface area contributed by atoms with E-state index in [1.807, 2.05) is 12.1 Å². The topological polar surface area (TPSA) is 108 Å². The van der Waals surface area contributed by atoms with Crippen molar-refractivity contribution in [1.82, 2.24) is 0 Å². The van der Waals surface area contributed by atoms with Gasteiger partial charge in [0.05, 0.1) is 0 Å². The first-order chi connectivity index (χ1) is 13.5. The van der Waals surface area contributed by atoms with E-state index in [1.54, 1.807) is 36.4 Å². The number of carboxylic acid groups (broad SMARTS) is 1. The number of benzene rings is 2. The third kappa shape index (κ3) is 4.68. The van der Waals surface area contributed by atoms with Crippen LogP contribution >= 0.6 is 0 Å². The number of carboxylic acids is 1. The van der Waals surface area contributed by atoms with Crippen LogP contribution in [-0.4, -0.2) is 43.4 Å². The lowest BCUT2D eigenvalue weighted by molar-refractivity contribution is -0.166. The number of carbonyl (C=O) groups excluding carboxylic acids is 1. The van der Waals surface area contributed by atoms with Crippen molar-refractivity contribution < 1.29 is 28.9 Å². The summed E-state index contributed by atoms with van der Waals surface area (Å²) in [5, 5.41) is 8.96. The Morgan fingerprint density at radius 1 is 1.18 bits per heavy atom. The molecule has 3 rings (SSSR count). The third-order valence-corrected chi connectivity index (χ3v) is 4.60. The maximum atomic E-state index is 12.8. The second-order valence-electron chi connectivity index (χ2n) is 6.57. The molecule has 7 heteroatoms. The van der Waals surface area contributed by atoms with Crippen molar-refractivity contribution in [2.24, 2.45) is 11.7 Å². The Morgan fingerprint density at radius 3 is 2.57 bits per heavy atom. The number of nitrogens with two attached hydrogens (primary N) is 1. The lowest BCUT2D eigenvalue weighted by Crippen LogP contribution is -2.28. The molecule has 0 spiro atoms. The molecule has 0 radical (unpaired) electrons. The highest BCUT2D eigenvalue weighted by Crippen LogP contribution is 2.49. The molecule has 148 valence electrons. The molecule has 3 unspecified atom stereocenters. The van der Waals surface area contributed by atoms with Gasteiger partial charge in [-0.25, -0.2) is 4.79 Å². The van der Waals surface area contributed by atoms with E-state index in [2.05, 4.69) is 0 Å². The van der Waals surface area contributed by atoms with Crippen LogP contribution in [0.15, 0.2) is 48.5 Å². The predicted molar refractivity (Wildman–Crippen MR) is 102 cm³/mol. The van der Waals surface area contributed by atoms with E-state index in [9.17, 15) is 9.59 Å². The fourth-order valence-electron chi connectivity index (χ4n) is 3.10. The van der Waals surface area contributed by atoms with Crippen molar-refractivity contribution in [3.8, 4) is 11.5 Å². The third-order valence-electron chi connectivity index (χ3n) is 4.60. The quantitative estimate of drug-likeness (QED) is 0.478. The van der Waals surface area contributed by atoms with Crippen molar-refractivity contribution in [3.05, 3.63) is 59.7 Å². The van der Waals surface area contributed by atoms with Gasteiger partial charge < -0.3 is 25.1 Å². The minimum Gasteiger partial charge on any atom is -0.492 e. The minimum atomic E-state index is -1.35. The molecule has 2 aromatic rings. The fourth-order valence-corrected chi connectivity index (χ4v) is 3.10. The average Bonchev–Trinajstić information content (AvgIpc) is 3.51. The molecular formula is C21H23NO6. The Kier molecular flexibility index (Phi) is 6.28. The Hall–Kier alpha value is -2.90. The second-order valence-corrected chi connectivity index (χ2v) is 6.57. The number of Topliss-reactive ketones (excluding diaryl/α,β-unsaturated/α-hetero) is 1. The van der Waals surface area contributed by atoms with Crippen LogP contribution in [0, 0.1) is 5.92 Å². The number of hydrogen-bond acceptors (Lipinski definition) is 6. The molecule has 0 amide bonds. The van der Waals surface area contributed by atoms with Gasteiger partial charge in [0.15, 0.2) is 5.78 Å². The van der Waals surface area contributed by atoms with Gasteiger partial charge in [0, 0.05) is 25.1 Å². The largest absolute Gasteiger partial charge is 0.492 e. The van der Waals surface area contributed by atoms with Crippen LogP contribution in [0.5, 0.6) is 11.5 Å². The van der Waals surface area contributed by atoms with Crippen molar-refractivity contribution in [2.45, 2.75) is 18.6 Å². The van der Waals surface area contributed by atoms with Gasteiger partial charge in [-0.3, -0.25) is 4.79 Å². The normalized spacial score (nSPS) is 18.9. The van der Waals surface area contributed by atoms with Crippen molar-refractivity contribution in [3.63, 3.8) is 0 Å². The molecule has 1 aliphatic carbocycles. The van der Waals surface area contributed by atoms with E-state index in [1.165, 1.54) is 7.11 Å². The van der Waals surface area contributed by atoms with Crippen LogP contribution in [-0.2, 0) is 9.53 Å². The first-order valence-corrected chi connectivity index (χ1v) is 9.03. The van der Waals surface area contributed by atoms with E-state index in [0.29, 0.717) is 30.2 Å². The summed E-state index contributed by atoms with van der Waals surface area (Å²) in [5.41, 5.74) is 7.09. The number of aliphatic carboxylic acids is 1. The molecule has 7 nitrogen and oxygen atoms in total. The summed E-state index contributed by atoms with van der Waals surface area (Å²) in [6.07, 6.45) is -0.571. The summed E-state index contributed by atoms with van der Waals surface area (Å²) in [4.78, 5) is 23.7. The van der Waals surface area contributed by atoms with Gasteiger partial charge in [0.25, 0.3) is 6.29 Å². The molecule has 1 aliphatic rings. The van der Waals surface area contributed by atoms with Gasteiger partial charge in [-0.05, 0) is 42.2 Å². The fraction of sp³-hybridized carbons (Fsp3) is 0.333. The SMILES string of the molecule is COC(Oc1ccc(C2CC2C(=O)c2cccc(OCCN)c2)cc1)C(=O)O. The molecule has 3 atom stereocenters. The van der Waals surface area contributed by atoms with Gasteiger partial charge >= 0.3 is 5.97 Å². The Morgan fingerprint density at radius 2 is 1.93 bits per heavy atom. The summed E-state index contributed by atoms with van der Waals surface area (Å²) in [5.74, 6) is 0.00786. The Balaban J connectivity index is 1.62. The van der Waals surface area contributed by atoms with Crippen molar-refractivity contribution in [2.75, 3.05) is 20.3 Å². The predicted octanol–water partition coefficient (Wildman–Crippen LogP) is 2.45. The molecule has 0 saturated heterocycles. The highest BCUT2D eigenvalue weighted by molar-refractivity contribution is 6.00. The number of methoxy groups -OCH3 is 1. The number of ether oxygens (including phenoxy) is 3. The van der Waals surface area contributed by atoms with Crippen molar-refractivity contribution >= 4 is 11.8 Å². The summed E-state index contributed by atoms with van der Waals surface area (Å²) in [6.45, 7) is 0.824. The van der Waals surface area contributed by atoms with Crippen LogP contribution in [0.25, 0.3) is 0 Å². The van der Waals surface area contributed by atoms with Gasteiger partial charge in [-0.2, -0.15) is 0 Å². The first kappa shape index (κ1) is 19.9. The first-order valence-electron chi connectivity index (χ1n) is 9.03. The Bertz CT molecular complexity index is 835. The molecule has 1 saturated carbocycles. The van der Waals surface area contributed by atoms with E-state index in [-0.39, 0.29) is 17.6 Å². The zero-order chi connectivity index (χ0) is 20.1. The van der Waals surface area contributed by atoms with Crippen LogP contribution < -0.4 is 15.2 Å². The monoisotopic (exact) mass is 385 g/mol. The standard InChI is InChI=1S/C21H23NO6/c1-26-21(20(24)25)28-15-7-5-13(6-8-15)17-12-18(17)19(23)14-3-2-4-16(11-14)27-10-9-22/h2-8,11,17-18,21H,9-10,12,22H2,1H3,(H,24,25). The van der Waals surface area contributed by atoms with Crippen molar-refractivity contribution in [1.29, 1.82) is 0 Å². The minimum absolute atomic E-state index is 0.0673.